The van der Waals surface area contributed by atoms with E-state index in [1.807, 2.05) is 24.3 Å². The summed E-state index contributed by atoms with van der Waals surface area (Å²) in [5.41, 5.74) is 13.2. The van der Waals surface area contributed by atoms with Crippen LogP contribution >= 0.6 is 11.8 Å². The number of anilines is 1. The predicted molar refractivity (Wildman–Crippen MR) is 57.7 cm³/mol. The Balaban J connectivity index is 2.26. The Bertz CT molecular complexity index is 348. The van der Waals surface area contributed by atoms with Gasteiger partial charge in [-0.2, -0.15) is 0 Å². The Morgan fingerprint density at radius 2 is 2.23 bits per heavy atom. The van der Waals surface area contributed by atoms with Crippen molar-refractivity contribution in [2.45, 2.75) is 6.04 Å². The minimum Gasteiger partial charge on any atom is -0.399 e. The minimum atomic E-state index is 0.188. The first kappa shape index (κ1) is 8.44. The van der Waals surface area contributed by atoms with E-state index in [0.29, 0.717) is 5.17 Å². The van der Waals surface area contributed by atoms with Crippen LogP contribution in [-0.2, 0) is 0 Å². The number of amidine groups is 1. The number of benzene rings is 1. The number of thioether (sulfide) groups is 1. The van der Waals surface area contributed by atoms with Crippen molar-refractivity contribution in [3.63, 3.8) is 0 Å². The molecule has 1 unspecified atom stereocenters. The van der Waals surface area contributed by atoms with Gasteiger partial charge in [-0.15, -0.1) is 0 Å². The first-order valence-corrected chi connectivity index (χ1v) is 5.06. The molecule has 1 aromatic carbocycles. The van der Waals surface area contributed by atoms with Crippen molar-refractivity contribution in [2.24, 2.45) is 10.7 Å². The molecule has 0 aromatic heterocycles. The molecule has 3 nitrogen and oxygen atoms in total. The molecule has 0 amide bonds. The molecule has 1 aliphatic rings. The highest BCUT2D eigenvalue weighted by atomic mass is 32.2. The summed E-state index contributed by atoms with van der Waals surface area (Å²) < 4.78 is 0. The number of hydrogen-bond donors (Lipinski definition) is 2. The summed E-state index contributed by atoms with van der Waals surface area (Å²) in [4.78, 5) is 4.30. The molecular formula is C9H11N3S. The van der Waals surface area contributed by atoms with E-state index in [-0.39, 0.29) is 6.04 Å². The minimum absolute atomic E-state index is 0.188. The Kier molecular flexibility index (Phi) is 2.14. The molecule has 0 aliphatic carbocycles. The lowest BCUT2D eigenvalue weighted by Crippen LogP contribution is -2.01. The molecule has 1 aromatic rings. The maximum absolute atomic E-state index is 5.67. The SMILES string of the molecule is NC1=NC(c2cccc(N)c2)CS1. The highest BCUT2D eigenvalue weighted by molar-refractivity contribution is 8.14. The fraction of sp³-hybridized carbons (Fsp3) is 0.222. The Morgan fingerprint density at radius 1 is 1.38 bits per heavy atom. The lowest BCUT2D eigenvalue weighted by atomic mass is 10.1. The maximum Gasteiger partial charge on any atom is 0.154 e. The standard InChI is InChI=1S/C9H11N3S/c10-7-3-1-2-6(4-7)8-5-13-9(11)12-8/h1-4,8H,5,10H2,(H2,11,12). The summed E-state index contributed by atoms with van der Waals surface area (Å²) in [6.07, 6.45) is 0. The molecule has 0 saturated heterocycles. The maximum atomic E-state index is 5.67. The van der Waals surface area contributed by atoms with Crippen LogP contribution in [0.5, 0.6) is 0 Å². The van der Waals surface area contributed by atoms with Gasteiger partial charge in [0, 0.05) is 11.4 Å². The predicted octanol–water partition coefficient (Wildman–Crippen LogP) is 1.37. The second kappa shape index (κ2) is 3.30. The highest BCUT2D eigenvalue weighted by Gasteiger charge is 2.17. The summed E-state index contributed by atoms with van der Waals surface area (Å²) in [7, 11) is 0. The largest absolute Gasteiger partial charge is 0.399 e. The van der Waals surface area contributed by atoms with Crippen LogP contribution in [0.1, 0.15) is 11.6 Å². The third-order valence-electron chi connectivity index (χ3n) is 1.97. The highest BCUT2D eigenvalue weighted by Crippen LogP contribution is 2.29. The van der Waals surface area contributed by atoms with Crippen LogP contribution in [0.2, 0.25) is 0 Å². The lowest BCUT2D eigenvalue weighted by Gasteiger charge is -2.05. The van der Waals surface area contributed by atoms with Crippen molar-refractivity contribution < 1.29 is 0 Å². The van der Waals surface area contributed by atoms with E-state index in [0.717, 1.165) is 17.0 Å². The molecule has 1 heterocycles. The molecule has 2 rings (SSSR count). The quantitative estimate of drug-likeness (QED) is 0.662. The van der Waals surface area contributed by atoms with Gasteiger partial charge in [0.25, 0.3) is 0 Å². The van der Waals surface area contributed by atoms with Crippen molar-refractivity contribution >= 4 is 22.6 Å². The van der Waals surface area contributed by atoms with E-state index in [1.165, 1.54) is 0 Å². The van der Waals surface area contributed by atoms with Gasteiger partial charge in [0.15, 0.2) is 5.17 Å². The van der Waals surface area contributed by atoms with Crippen molar-refractivity contribution in [3.05, 3.63) is 29.8 Å². The van der Waals surface area contributed by atoms with E-state index in [9.17, 15) is 0 Å². The molecular weight excluding hydrogens is 182 g/mol. The van der Waals surface area contributed by atoms with Gasteiger partial charge in [-0.05, 0) is 17.7 Å². The van der Waals surface area contributed by atoms with Crippen molar-refractivity contribution in [1.82, 2.24) is 0 Å². The topological polar surface area (TPSA) is 64.4 Å². The summed E-state index contributed by atoms with van der Waals surface area (Å²) in [5, 5.41) is 0.674. The van der Waals surface area contributed by atoms with E-state index in [4.69, 9.17) is 11.5 Å². The fourth-order valence-electron chi connectivity index (χ4n) is 1.33. The van der Waals surface area contributed by atoms with E-state index in [2.05, 4.69) is 4.99 Å². The molecule has 1 atom stereocenters. The first-order valence-electron chi connectivity index (χ1n) is 4.07. The second-order valence-electron chi connectivity index (χ2n) is 2.96. The lowest BCUT2D eigenvalue weighted by molar-refractivity contribution is 0.849. The van der Waals surface area contributed by atoms with Crippen LogP contribution < -0.4 is 11.5 Å². The molecule has 0 bridgehead atoms. The second-order valence-corrected chi connectivity index (χ2v) is 4.00. The van der Waals surface area contributed by atoms with Gasteiger partial charge >= 0.3 is 0 Å². The van der Waals surface area contributed by atoms with Crippen molar-refractivity contribution in [1.29, 1.82) is 0 Å². The van der Waals surface area contributed by atoms with E-state index in [1.54, 1.807) is 11.8 Å². The smallest absolute Gasteiger partial charge is 0.154 e. The van der Waals surface area contributed by atoms with Gasteiger partial charge in [-0.25, -0.2) is 0 Å². The van der Waals surface area contributed by atoms with Gasteiger partial charge in [0.1, 0.15) is 0 Å². The van der Waals surface area contributed by atoms with Crippen LogP contribution in [0, 0.1) is 0 Å². The number of hydrogen-bond acceptors (Lipinski definition) is 4. The molecule has 0 saturated carbocycles. The van der Waals surface area contributed by atoms with Crippen LogP contribution in [0.25, 0.3) is 0 Å². The number of rotatable bonds is 1. The third-order valence-corrected chi connectivity index (χ3v) is 2.85. The number of nitrogens with two attached hydrogens (primary N) is 2. The molecule has 0 radical (unpaired) electrons. The van der Waals surface area contributed by atoms with Crippen LogP contribution in [-0.4, -0.2) is 10.9 Å². The Hall–Kier alpha value is -1.16. The van der Waals surface area contributed by atoms with Crippen molar-refractivity contribution in [2.75, 3.05) is 11.5 Å². The molecule has 13 heavy (non-hydrogen) atoms. The fourth-order valence-corrected chi connectivity index (χ4v) is 2.13. The van der Waals surface area contributed by atoms with Gasteiger partial charge in [0.2, 0.25) is 0 Å². The van der Waals surface area contributed by atoms with Crippen LogP contribution in [0.15, 0.2) is 29.3 Å². The summed E-state index contributed by atoms with van der Waals surface area (Å²) in [6.45, 7) is 0. The first-order chi connectivity index (χ1) is 6.25. The zero-order valence-electron chi connectivity index (χ0n) is 7.10. The average Bonchev–Trinajstić information content (AvgIpc) is 2.52. The number of aliphatic imine (C=N–C) groups is 1. The number of nitrogens with zero attached hydrogens (tertiary/aromatic N) is 1. The zero-order valence-corrected chi connectivity index (χ0v) is 7.92. The van der Waals surface area contributed by atoms with Crippen molar-refractivity contribution in [3.8, 4) is 0 Å². The Morgan fingerprint density at radius 3 is 2.85 bits per heavy atom. The monoisotopic (exact) mass is 193 g/mol. The van der Waals surface area contributed by atoms with Gasteiger partial charge in [0.05, 0.1) is 6.04 Å². The van der Waals surface area contributed by atoms with Gasteiger partial charge < -0.3 is 11.5 Å². The zero-order chi connectivity index (χ0) is 9.26. The molecule has 4 heteroatoms. The molecule has 0 fully saturated rings. The molecule has 4 N–H and O–H groups in total. The number of nitrogen functional groups attached to an aromatic ring is 1. The third kappa shape index (κ3) is 1.78. The Labute approximate surface area is 81.2 Å². The van der Waals surface area contributed by atoms with Crippen LogP contribution in [0.4, 0.5) is 5.69 Å². The summed E-state index contributed by atoms with van der Waals surface area (Å²) in [6, 6.07) is 7.99. The van der Waals surface area contributed by atoms with E-state index < -0.39 is 0 Å². The van der Waals surface area contributed by atoms with E-state index >= 15 is 0 Å². The average molecular weight is 193 g/mol. The molecule has 0 spiro atoms. The molecule has 68 valence electrons. The molecule has 1 aliphatic heterocycles. The summed E-state index contributed by atoms with van der Waals surface area (Å²) >= 11 is 1.59. The summed E-state index contributed by atoms with van der Waals surface area (Å²) in [5.74, 6) is 0.926. The van der Waals surface area contributed by atoms with Gasteiger partial charge in [-0.1, -0.05) is 23.9 Å². The van der Waals surface area contributed by atoms with Gasteiger partial charge in [-0.3, -0.25) is 4.99 Å². The normalized spacial score (nSPS) is 21.5. The van der Waals surface area contributed by atoms with Crippen LogP contribution in [0.3, 0.4) is 0 Å².